The Morgan fingerprint density at radius 3 is 2.04 bits per heavy atom. The number of nitrogens with zero attached hydrogens (tertiary/aromatic N) is 1. The number of nitrogens with one attached hydrogen (secondary N) is 1. The lowest BCUT2D eigenvalue weighted by Crippen LogP contribution is -2.44. The molecule has 2 rings (SSSR count). The highest BCUT2D eigenvalue weighted by Crippen LogP contribution is 2.26. The summed E-state index contributed by atoms with van der Waals surface area (Å²) in [6.45, 7) is 10.5. The average Bonchev–Trinajstić information content (AvgIpc) is 2.43. The van der Waals surface area contributed by atoms with Crippen LogP contribution in [0, 0.1) is 0 Å². The van der Waals surface area contributed by atoms with Crippen LogP contribution in [-0.2, 0) is 9.47 Å². The van der Waals surface area contributed by atoms with Crippen molar-refractivity contribution in [1.29, 1.82) is 0 Å². The lowest BCUT2D eigenvalue weighted by Gasteiger charge is -2.36. The van der Waals surface area contributed by atoms with Crippen molar-refractivity contribution < 1.29 is 14.3 Å². The first-order chi connectivity index (χ1) is 10.9. The second-order valence-corrected chi connectivity index (χ2v) is 7.46. The van der Waals surface area contributed by atoms with Gasteiger partial charge in [0.1, 0.15) is 5.60 Å². The maximum atomic E-state index is 11.9. The van der Waals surface area contributed by atoms with E-state index in [0.29, 0.717) is 12.2 Å². The van der Waals surface area contributed by atoms with Gasteiger partial charge in [-0.25, -0.2) is 4.79 Å². The third kappa shape index (κ3) is 8.56. The van der Waals surface area contributed by atoms with Crippen LogP contribution < -0.4 is 5.32 Å². The molecule has 5 nitrogen and oxygen atoms in total. The van der Waals surface area contributed by atoms with Gasteiger partial charge in [-0.3, -0.25) is 0 Å². The summed E-state index contributed by atoms with van der Waals surface area (Å²) >= 11 is 0. The number of piperidine rings is 1. The molecule has 1 aliphatic heterocycles. The first-order valence-electron chi connectivity index (χ1n) is 9.13. The number of hydrogen-bond acceptors (Lipinski definition) is 4. The van der Waals surface area contributed by atoms with E-state index in [1.807, 2.05) is 27.8 Å². The molecule has 1 N–H and O–H groups in total. The summed E-state index contributed by atoms with van der Waals surface area (Å²) in [6, 6.07) is 0. The van der Waals surface area contributed by atoms with Gasteiger partial charge in [-0.2, -0.15) is 0 Å². The van der Waals surface area contributed by atoms with E-state index in [2.05, 4.69) is 12.2 Å². The predicted molar refractivity (Wildman–Crippen MR) is 93.8 cm³/mol. The summed E-state index contributed by atoms with van der Waals surface area (Å²) < 4.78 is 11.3. The molecule has 2 aliphatic rings. The summed E-state index contributed by atoms with van der Waals surface area (Å²) in [7, 11) is 1.96. The zero-order chi connectivity index (χ0) is 17.3. The third-order valence-corrected chi connectivity index (χ3v) is 4.03. The smallest absolute Gasteiger partial charge is 0.410 e. The van der Waals surface area contributed by atoms with Crippen LogP contribution in [0.2, 0.25) is 0 Å². The Bertz CT molecular complexity index is 328. The highest BCUT2D eigenvalue weighted by Gasteiger charge is 2.29. The van der Waals surface area contributed by atoms with Crippen LogP contribution in [0.5, 0.6) is 0 Å². The number of rotatable bonds is 4. The van der Waals surface area contributed by atoms with Crippen molar-refractivity contribution in [3.63, 3.8) is 0 Å². The van der Waals surface area contributed by atoms with Gasteiger partial charge in [0.15, 0.2) is 0 Å². The fourth-order valence-corrected chi connectivity index (χ4v) is 2.53. The fraction of sp³-hybridized carbons (Fsp3) is 0.944. The molecular weight excluding hydrogens is 292 g/mol. The highest BCUT2D eigenvalue weighted by molar-refractivity contribution is 5.68. The molecule has 1 amide bonds. The highest BCUT2D eigenvalue weighted by atomic mass is 16.6. The first kappa shape index (κ1) is 20.2. The Morgan fingerprint density at radius 2 is 1.70 bits per heavy atom. The number of ether oxygens (including phenoxy) is 2. The van der Waals surface area contributed by atoms with Crippen LogP contribution in [0.15, 0.2) is 0 Å². The molecule has 2 fully saturated rings. The van der Waals surface area contributed by atoms with E-state index < -0.39 is 5.60 Å². The minimum Gasteiger partial charge on any atom is -0.444 e. The molecular formula is C18H36N2O3. The molecule has 0 atom stereocenters. The lowest BCUT2D eigenvalue weighted by molar-refractivity contribution is -0.0742. The van der Waals surface area contributed by atoms with Gasteiger partial charge < -0.3 is 19.7 Å². The number of hydrogen-bond donors (Lipinski definition) is 1. The Kier molecular flexibility index (Phi) is 8.92. The van der Waals surface area contributed by atoms with Gasteiger partial charge in [0.2, 0.25) is 0 Å². The summed E-state index contributed by atoms with van der Waals surface area (Å²) in [5.41, 5.74) is -0.406. The molecule has 1 aliphatic carbocycles. The zero-order valence-corrected chi connectivity index (χ0v) is 15.7. The molecule has 1 saturated carbocycles. The normalized spacial score (nSPS) is 19.6. The molecule has 1 heterocycles. The van der Waals surface area contributed by atoms with Gasteiger partial charge in [0.25, 0.3) is 0 Å². The lowest BCUT2D eigenvalue weighted by atomic mass is 9.95. The van der Waals surface area contributed by atoms with Gasteiger partial charge in [0, 0.05) is 13.1 Å². The van der Waals surface area contributed by atoms with E-state index in [4.69, 9.17) is 9.47 Å². The van der Waals surface area contributed by atoms with Gasteiger partial charge >= 0.3 is 6.09 Å². The molecule has 0 aromatic carbocycles. The van der Waals surface area contributed by atoms with Gasteiger partial charge in [-0.05, 0) is 72.9 Å². The summed E-state index contributed by atoms with van der Waals surface area (Å²) in [4.78, 5) is 13.7. The van der Waals surface area contributed by atoms with E-state index in [0.717, 1.165) is 32.5 Å². The minimum atomic E-state index is -0.406. The Morgan fingerprint density at radius 1 is 1.13 bits per heavy atom. The van der Waals surface area contributed by atoms with Crippen molar-refractivity contribution in [3.05, 3.63) is 0 Å². The van der Waals surface area contributed by atoms with Gasteiger partial charge in [0.05, 0.1) is 12.2 Å². The van der Waals surface area contributed by atoms with Crippen molar-refractivity contribution in [3.8, 4) is 0 Å². The van der Waals surface area contributed by atoms with Crippen LogP contribution in [-0.4, -0.2) is 55.5 Å². The summed E-state index contributed by atoms with van der Waals surface area (Å²) in [5, 5.41) is 3.02. The molecule has 0 aromatic heterocycles. The van der Waals surface area contributed by atoms with Crippen molar-refractivity contribution >= 4 is 6.09 Å². The summed E-state index contributed by atoms with van der Waals surface area (Å²) in [5.74, 6) is 0. The standard InChI is InChI=1S/C14H25NO3.C4H11N/c1-14(2,3)18-13(16)15-9-7-12(8-10-15)17-11-5-4-6-11;1-3-4-5-2/h11-12H,4-10H2,1-3H3;5H,3-4H2,1-2H3. The largest absolute Gasteiger partial charge is 0.444 e. The SMILES string of the molecule is CC(C)(C)OC(=O)N1CCC(OC2CCC2)CC1.CCCNC. The van der Waals surface area contributed by atoms with Crippen LogP contribution in [0.1, 0.15) is 66.2 Å². The second kappa shape index (κ2) is 10.1. The second-order valence-electron chi connectivity index (χ2n) is 7.46. The predicted octanol–water partition coefficient (Wildman–Crippen LogP) is 3.57. The number of amides is 1. The average molecular weight is 328 g/mol. The van der Waals surface area contributed by atoms with Crippen LogP contribution >= 0.6 is 0 Å². The van der Waals surface area contributed by atoms with E-state index >= 15 is 0 Å². The zero-order valence-electron chi connectivity index (χ0n) is 15.7. The van der Waals surface area contributed by atoms with Crippen molar-refractivity contribution in [2.75, 3.05) is 26.7 Å². The van der Waals surface area contributed by atoms with E-state index in [9.17, 15) is 4.79 Å². The minimum absolute atomic E-state index is 0.190. The fourth-order valence-electron chi connectivity index (χ4n) is 2.53. The molecule has 0 radical (unpaired) electrons. The van der Waals surface area contributed by atoms with Crippen LogP contribution in [0.4, 0.5) is 4.79 Å². The number of carbonyl (C=O) groups is 1. The first-order valence-corrected chi connectivity index (χ1v) is 9.13. The quantitative estimate of drug-likeness (QED) is 0.857. The molecule has 0 spiro atoms. The topological polar surface area (TPSA) is 50.8 Å². The van der Waals surface area contributed by atoms with E-state index in [1.54, 1.807) is 4.90 Å². The Labute approximate surface area is 142 Å². The molecule has 5 heteroatoms. The number of likely N-dealkylation sites (tertiary alicyclic amines) is 1. The third-order valence-electron chi connectivity index (χ3n) is 4.03. The van der Waals surface area contributed by atoms with Crippen LogP contribution in [0.3, 0.4) is 0 Å². The Hall–Kier alpha value is -0.810. The van der Waals surface area contributed by atoms with Crippen LogP contribution in [0.25, 0.3) is 0 Å². The molecule has 1 saturated heterocycles. The van der Waals surface area contributed by atoms with Crippen molar-refractivity contribution in [2.24, 2.45) is 0 Å². The molecule has 0 aromatic rings. The maximum Gasteiger partial charge on any atom is 0.410 e. The van der Waals surface area contributed by atoms with Gasteiger partial charge in [-0.15, -0.1) is 0 Å². The van der Waals surface area contributed by atoms with E-state index in [-0.39, 0.29) is 6.09 Å². The molecule has 0 unspecified atom stereocenters. The van der Waals surface area contributed by atoms with Crippen molar-refractivity contribution in [1.82, 2.24) is 10.2 Å². The molecule has 23 heavy (non-hydrogen) atoms. The molecule has 136 valence electrons. The van der Waals surface area contributed by atoms with Gasteiger partial charge in [-0.1, -0.05) is 6.92 Å². The van der Waals surface area contributed by atoms with Crippen molar-refractivity contribution in [2.45, 2.75) is 84.0 Å². The summed E-state index contributed by atoms with van der Waals surface area (Å²) in [6.07, 6.45) is 7.49. The molecule has 0 bridgehead atoms. The Balaban J connectivity index is 0.000000463. The number of carbonyl (C=O) groups excluding carboxylic acids is 1. The monoisotopic (exact) mass is 328 g/mol. The van der Waals surface area contributed by atoms with E-state index in [1.165, 1.54) is 25.7 Å². The maximum absolute atomic E-state index is 11.9.